The van der Waals surface area contributed by atoms with Crippen molar-refractivity contribution in [3.8, 4) is 5.75 Å². The Kier molecular flexibility index (Phi) is 7.23. The fraction of sp³-hybridized carbons (Fsp3) is 0.615. The molecule has 0 bridgehead atoms. The molecule has 1 N–H and O–H groups in total. The maximum Gasteiger partial charge on any atom is 0.118 e. The van der Waals surface area contributed by atoms with Gasteiger partial charge in [0.1, 0.15) is 5.75 Å². The third kappa shape index (κ3) is 5.32. The average Bonchev–Trinajstić information content (AvgIpc) is 2.67. The van der Waals surface area contributed by atoms with E-state index < -0.39 is 0 Å². The molecule has 0 aromatic heterocycles. The van der Waals surface area contributed by atoms with E-state index >= 15 is 0 Å². The van der Waals surface area contributed by atoms with Crippen LogP contribution >= 0.6 is 0 Å². The van der Waals surface area contributed by atoms with Crippen molar-refractivity contribution in [1.82, 2.24) is 0 Å². The van der Waals surface area contributed by atoms with Crippen molar-refractivity contribution < 1.29 is 14.6 Å². The number of fused-ring (bicyclic) bond motifs is 1. The van der Waals surface area contributed by atoms with Crippen LogP contribution in [0.2, 0.25) is 0 Å². The first-order valence-corrected chi connectivity index (χ1v) is 11.1. The van der Waals surface area contributed by atoms with E-state index in [9.17, 15) is 5.11 Å². The second-order valence-electron chi connectivity index (χ2n) is 9.57. The average molecular weight is 399 g/mol. The molecule has 3 nitrogen and oxygen atoms in total. The van der Waals surface area contributed by atoms with Gasteiger partial charge in [0.25, 0.3) is 0 Å². The van der Waals surface area contributed by atoms with Crippen molar-refractivity contribution in [2.75, 3.05) is 7.11 Å². The molecule has 3 heteroatoms. The molecule has 1 aromatic rings. The molecular weight excluding hydrogens is 360 g/mol. The van der Waals surface area contributed by atoms with Gasteiger partial charge in [-0.1, -0.05) is 49.6 Å². The minimum absolute atomic E-state index is 0.0691. The highest BCUT2D eigenvalue weighted by molar-refractivity contribution is 5.27. The van der Waals surface area contributed by atoms with Gasteiger partial charge in [-0.2, -0.15) is 0 Å². The molecule has 5 atom stereocenters. The zero-order valence-electron chi connectivity index (χ0n) is 18.6. The van der Waals surface area contributed by atoms with Crippen LogP contribution in [0.1, 0.15) is 64.9 Å². The molecule has 2 aliphatic carbocycles. The lowest BCUT2D eigenvalue weighted by Crippen LogP contribution is -2.43. The van der Waals surface area contributed by atoms with Gasteiger partial charge in [-0.15, -0.1) is 6.58 Å². The monoisotopic (exact) mass is 398 g/mol. The number of methoxy groups -OCH3 is 1. The first-order valence-electron chi connectivity index (χ1n) is 11.1. The fourth-order valence-corrected chi connectivity index (χ4v) is 5.45. The summed E-state index contributed by atoms with van der Waals surface area (Å²) >= 11 is 0. The molecule has 1 saturated carbocycles. The normalized spacial score (nSPS) is 30.2. The predicted octanol–water partition coefficient (Wildman–Crippen LogP) is 6.07. The van der Waals surface area contributed by atoms with Gasteiger partial charge in [0.05, 0.1) is 25.9 Å². The van der Waals surface area contributed by atoms with Crippen LogP contribution in [0.15, 0.2) is 48.1 Å². The maximum absolute atomic E-state index is 10.6. The van der Waals surface area contributed by atoms with Gasteiger partial charge < -0.3 is 14.6 Å². The molecule has 0 amide bonds. The summed E-state index contributed by atoms with van der Waals surface area (Å²) in [5, 5.41) is 10.6. The van der Waals surface area contributed by atoms with Crippen LogP contribution in [0.25, 0.3) is 0 Å². The zero-order valence-corrected chi connectivity index (χ0v) is 18.6. The Bertz CT molecular complexity index is 720. The summed E-state index contributed by atoms with van der Waals surface area (Å²) in [5.41, 5.74) is 3.84. The lowest BCUT2D eigenvalue weighted by atomic mass is 9.59. The summed E-state index contributed by atoms with van der Waals surface area (Å²) in [7, 11) is 1.69. The van der Waals surface area contributed by atoms with Gasteiger partial charge in [0.2, 0.25) is 0 Å². The lowest BCUT2D eigenvalue weighted by Gasteiger charge is -2.48. The molecule has 29 heavy (non-hydrogen) atoms. The van der Waals surface area contributed by atoms with E-state index in [-0.39, 0.29) is 17.6 Å². The second-order valence-corrected chi connectivity index (χ2v) is 9.57. The van der Waals surface area contributed by atoms with Gasteiger partial charge in [-0.05, 0) is 68.1 Å². The van der Waals surface area contributed by atoms with E-state index in [0.29, 0.717) is 24.9 Å². The predicted molar refractivity (Wildman–Crippen MR) is 119 cm³/mol. The van der Waals surface area contributed by atoms with Crippen molar-refractivity contribution in [2.24, 2.45) is 17.3 Å². The number of aliphatic hydroxyl groups excluding tert-OH is 1. The number of rotatable bonds is 8. The van der Waals surface area contributed by atoms with E-state index in [1.165, 1.54) is 24.0 Å². The van der Waals surface area contributed by atoms with Gasteiger partial charge in [-0.25, -0.2) is 0 Å². The fourth-order valence-electron chi connectivity index (χ4n) is 5.45. The van der Waals surface area contributed by atoms with Crippen molar-refractivity contribution >= 4 is 0 Å². The molecule has 3 rings (SSSR count). The number of hydrogen-bond acceptors (Lipinski definition) is 3. The van der Waals surface area contributed by atoms with Crippen molar-refractivity contribution in [2.45, 2.75) is 78.1 Å². The van der Waals surface area contributed by atoms with Gasteiger partial charge in [-0.3, -0.25) is 0 Å². The Morgan fingerprint density at radius 2 is 2.03 bits per heavy atom. The molecule has 0 saturated heterocycles. The standard InChI is InChI=1S/C26H38O3/c1-18(2)15-21(27)16-26(4)14-6-7-23-24(26)13-8-19(3)25(23)29-17-20-9-11-22(28-5)12-10-20/h9-13,19,21,23,25,27H,1,6-8,14-17H2,2-5H3/t19-,21+,23-,25-,26+/m1/s1. The Hall–Kier alpha value is -1.58. The van der Waals surface area contributed by atoms with Crippen molar-refractivity contribution in [1.29, 1.82) is 0 Å². The first kappa shape index (κ1) is 22.1. The van der Waals surface area contributed by atoms with E-state index in [1.54, 1.807) is 7.11 Å². The summed E-state index contributed by atoms with van der Waals surface area (Å²) < 4.78 is 11.8. The Morgan fingerprint density at radius 1 is 1.31 bits per heavy atom. The molecule has 0 spiro atoms. The van der Waals surface area contributed by atoms with E-state index in [1.807, 2.05) is 19.1 Å². The highest BCUT2D eigenvalue weighted by atomic mass is 16.5. The molecule has 160 valence electrons. The van der Waals surface area contributed by atoms with Crippen LogP contribution in [0.5, 0.6) is 5.75 Å². The van der Waals surface area contributed by atoms with Crippen LogP contribution in [0.4, 0.5) is 0 Å². The van der Waals surface area contributed by atoms with Crippen LogP contribution in [0.3, 0.4) is 0 Å². The van der Waals surface area contributed by atoms with E-state index in [4.69, 9.17) is 9.47 Å². The Balaban J connectivity index is 1.70. The molecule has 0 heterocycles. The SMILES string of the molecule is C=C(C)C[C@H](O)C[C@]1(C)CCC[C@@H]2C1=CC[C@@H](C)[C@H]2OCc1ccc(OC)cc1. The molecule has 0 unspecified atom stereocenters. The van der Waals surface area contributed by atoms with Crippen molar-refractivity contribution in [3.63, 3.8) is 0 Å². The number of benzene rings is 1. The number of aliphatic hydroxyl groups is 1. The third-order valence-corrected chi connectivity index (χ3v) is 6.88. The summed E-state index contributed by atoms with van der Waals surface area (Å²) in [6.07, 6.45) is 8.53. The topological polar surface area (TPSA) is 38.7 Å². The lowest BCUT2D eigenvalue weighted by molar-refractivity contribution is -0.0451. The van der Waals surface area contributed by atoms with Crippen LogP contribution in [-0.2, 0) is 11.3 Å². The summed E-state index contributed by atoms with van der Waals surface area (Å²) in [6.45, 7) is 11.3. The Morgan fingerprint density at radius 3 is 2.69 bits per heavy atom. The zero-order chi connectivity index (χ0) is 21.0. The minimum atomic E-state index is -0.310. The summed E-state index contributed by atoms with van der Waals surface area (Å²) in [5.74, 6) is 1.86. The van der Waals surface area contributed by atoms with Crippen LogP contribution < -0.4 is 4.74 Å². The van der Waals surface area contributed by atoms with Gasteiger partial charge in [0.15, 0.2) is 0 Å². The molecule has 2 aliphatic rings. The van der Waals surface area contributed by atoms with Crippen LogP contribution in [0, 0.1) is 17.3 Å². The summed E-state index contributed by atoms with van der Waals surface area (Å²) in [6, 6.07) is 8.16. The van der Waals surface area contributed by atoms with E-state index in [2.05, 4.69) is 38.6 Å². The molecule has 0 radical (unpaired) electrons. The molecular formula is C26H38O3. The quantitative estimate of drug-likeness (QED) is 0.540. The molecule has 1 aromatic carbocycles. The second kappa shape index (κ2) is 9.49. The number of ether oxygens (including phenoxy) is 2. The van der Waals surface area contributed by atoms with E-state index in [0.717, 1.165) is 30.6 Å². The summed E-state index contributed by atoms with van der Waals surface area (Å²) in [4.78, 5) is 0. The number of hydrogen-bond donors (Lipinski definition) is 1. The molecule has 1 fully saturated rings. The first-order chi connectivity index (χ1) is 13.8. The maximum atomic E-state index is 10.6. The third-order valence-electron chi connectivity index (χ3n) is 6.88. The highest BCUT2D eigenvalue weighted by Gasteiger charge is 2.44. The number of allylic oxidation sites excluding steroid dienone is 1. The highest BCUT2D eigenvalue weighted by Crippen LogP contribution is 2.52. The van der Waals surface area contributed by atoms with Gasteiger partial charge >= 0.3 is 0 Å². The smallest absolute Gasteiger partial charge is 0.118 e. The minimum Gasteiger partial charge on any atom is -0.497 e. The van der Waals surface area contributed by atoms with Crippen molar-refractivity contribution in [3.05, 3.63) is 53.6 Å². The Labute approximate surface area is 176 Å². The van der Waals surface area contributed by atoms with Gasteiger partial charge in [0, 0.05) is 5.92 Å². The van der Waals surface area contributed by atoms with Crippen LogP contribution in [-0.4, -0.2) is 24.4 Å². The largest absolute Gasteiger partial charge is 0.497 e. The molecule has 0 aliphatic heterocycles.